The maximum Gasteiger partial charge on any atom is 2.00 e. The molecule has 0 bridgehead atoms. The molecule has 6 heteroatoms. The normalized spacial score (nSPS) is 10.3. The zero-order valence-corrected chi connectivity index (χ0v) is 25.3. The number of nitrogens with one attached hydrogen (secondary N) is 2. The molecule has 203 valence electrons. The van der Waals surface area contributed by atoms with Gasteiger partial charge in [0, 0.05) is 37.6 Å². The van der Waals surface area contributed by atoms with E-state index in [2.05, 4.69) is 88.4 Å². The summed E-state index contributed by atoms with van der Waals surface area (Å²) in [5.41, 5.74) is 11.5. The molecule has 0 aromatic heterocycles. The second kappa shape index (κ2) is 19.2. The summed E-state index contributed by atoms with van der Waals surface area (Å²) in [4.78, 5) is 2.43. The van der Waals surface area contributed by atoms with Crippen molar-refractivity contribution in [3.63, 3.8) is 0 Å². The Morgan fingerprint density at radius 3 is 1.06 bits per heavy atom. The van der Waals surface area contributed by atoms with Gasteiger partial charge < -0.3 is 40.3 Å². The van der Waals surface area contributed by atoms with Crippen LogP contribution in [0.25, 0.3) is 0 Å². The van der Waals surface area contributed by atoms with E-state index < -0.39 is 0 Å². The largest absolute Gasteiger partial charge is 2.00 e. The Balaban J connectivity index is 0. The molecule has 0 amide bonds. The molecule has 0 saturated carbocycles. The first-order chi connectivity index (χ1) is 15.5. The molecule has 0 fully saturated rings. The number of halogens is 2. The van der Waals surface area contributed by atoms with Gasteiger partial charge in [0.25, 0.3) is 0 Å². The molecule has 2 rings (SSSR count). The minimum absolute atomic E-state index is 0. The van der Waals surface area contributed by atoms with E-state index in [1.54, 1.807) is 0 Å². The topological polar surface area (TPSA) is 27.3 Å². The Morgan fingerprint density at radius 1 is 0.543 bits per heavy atom. The van der Waals surface area contributed by atoms with Gasteiger partial charge in [-0.15, -0.1) is 0 Å². The maximum absolute atomic E-state index is 3.76. The van der Waals surface area contributed by atoms with E-state index in [4.69, 9.17) is 0 Å². The van der Waals surface area contributed by atoms with Crippen molar-refractivity contribution in [3.8, 4) is 0 Å². The van der Waals surface area contributed by atoms with E-state index in [0.29, 0.717) is 0 Å². The molecule has 0 unspecified atom stereocenters. The zero-order valence-electron chi connectivity index (χ0n) is 22.9. The molecule has 0 aliphatic rings. The summed E-state index contributed by atoms with van der Waals surface area (Å²) in [6, 6.07) is 9.54. The van der Waals surface area contributed by atoms with E-state index in [0.717, 1.165) is 64.7 Å². The van der Waals surface area contributed by atoms with Gasteiger partial charge in [0.2, 0.25) is 0 Å². The Hall–Kier alpha value is -0.901. The van der Waals surface area contributed by atoms with E-state index in [-0.39, 0.29) is 41.9 Å². The van der Waals surface area contributed by atoms with Crippen molar-refractivity contribution < 1.29 is 41.9 Å². The van der Waals surface area contributed by atoms with Crippen LogP contribution in [0.5, 0.6) is 0 Å². The summed E-state index contributed by atoms with van der Waals surface area (Å²) < 4.78 is 0. The number of hydrogen-bond donors (Lipinski definition) is 2. The Labute approximate surface area is 238 Å². The standard InChI is InChI=1S/C29H47N3.2ClH.Cu/c1-8-22-18-24(10-3)28(25(11-4)19-22)30-14-16-32(7)17-15-31-29-26(12-5)20-23(9-2)21-27(29)13-6;;;/h18-21,30-31H,8-17H2,1-7H3;2*1H;/q;;;+2/p-2. The van der Waals surface area contributed by atoms with Crippen LogP contribution in [0, 0.1) is 0 Å². The van der Waals surface area contributed by atoms with Crippen LogP contribution in [0.3, 0.4) is 0 Å². The predicted molar refractivity (Wildman–Crippen MR) is 144 cm³/mol. The predicted octanol–water partition coefficient (Wildman–Crippen LogP) is 0.522. The van der Waals surface area contributed by atoms with E-state index in [1.165, 1.54) is 44.8 Å². The number of benzene rings is 2. The molecular weight excluding hydrogens is 525 g/mol. The fourth-order valence-corrected chi connectivity index (χ4v) is 4.51. The molecule has 0 heterocycles. The fourth-order valence-electron chi connectivity index (χ4n) is 4.51. The van der Waals surface area contributed by atoms with Gasteiger partial charge in [-0.05, 0) is 79.0 Å². The summed E-state index contributed by atoms with van der Waals surface area (Å²) in [6.45, 7) is 17.6. The summed E-state index contributed by atoms with van der Waals surface area (Å²) >= 11 is 0. The average molecular weight is 572 g/mol. The van der Waals surface area contributed by atoms with Crippen molar-refractivity contribution in [1.82, 2.24) is 4.90 Å². The molecule has 2 N–H and O–H groups in total. The van der Waals surface area contributed by atoms with Crippen LogP contribution < -0.4 is 35.4 Å². The first-order valence-electron chi connectivity index (χ1n) is 13.0. The van der Waals surface area contributed by atoms with Crippen LogP contribution in [0.2, 0.25) is 0 Å². The van der Waals surface area contributed by atoms with Crippen LogP contribution in [0.4, 0.5) is 11.4 Å². The van der Waals surface area contributed by atoms with Crippen molar-refractivity contribution in [3.05, 3.63) is 57.6 Å². The monoisotopic (exact) mass is 570 g/mol. The van der Waals surface area contributed by atoms with Gasteiger partial charge in [0.15, 0.2) is 0 Å². The summed E-state index contributed by atoms with van der Waals surface area (Å²) in [5, 5.41) is 7.52. The van der Waals surface area contributed by atoms with E-state index in [9.17, 15) is 0 Å². The molecule has 2 aromatic carbocycles. The Kier molecular flexibility index (Phi) is 19.9. The number of rotatable bonds is 14. The smallest absolute Gasteiger partial charge is 1.00 e. The van der Waals surface area contributed by atoms with E-state index >= 15 is 0 Å². The number of hydrogen-bond acceptors (Lipinski definition) is 3. The zero-order chi connectivity index (χ0) is 23.5. The van der Waals surface area contributed by atoms with Gasteiger partial charge in [0.1, 0.15) is 0 Å². The van der Waals surface area contributed by atoms with Crippen molar-refractivity contribution in [2.75, 3.05) is 43.9 Å². The summed E-state index contributed by atoms with van der Waals surface area (Å²) in [7, 11) is 2.23. The second-order valence-corrected chi connectivity index (χ2v) is 8.86. The van der Waals surface area contributed by atoms with Crippen LogP contribution in [-0.2, 0) is 55.6 Å². The first kappa shape index (κ1) is 36.3. The van der Waals surface area contributed by atoms with E-state index in [1.807, 2.05) is 0 Å². The molecule has 0 saturated heterocycles. The van der Waals surface area contributed by atoms with Crippen LogP contribution >= 0.6 is 0 Å². The van der Waals surface area contributed by atoms with Crippen molar-refractivity contribution in [1.29, 1.82) is 0 Å². The molecule has 0 spiro atoms. The first-order valence-corrected chi connectivity index (χ1v) is 13.0. The number of likely N-dealkylation sites (N-methyl/N-ethyl adjacent to an activating group) is 1. The SMILES string of the molecule is CCc1cc(CC)c(NCCN(C)CCNc2c(CC)cc(CC)cc2CC)c(CC)c1.[Cl-].[Cl-].[Cu+2]. The number of anilines is 2. The Bertz CT molecular complexity index is 738. The quantitative estimate of drug-likeness (QED) is 0.324. The third-order valence-electron chi connectivity index (χ3n) is 6.65. The minimum atomic E-state index is 0. The number of aryl methyl sites for hydroxylation is 6. The maximum atomic E-state index is 3.76. The molecule has 0 aliphatic heterocycles. The van der Waals surface area contributed by atoms with Gasteiger partial charge in [0.05, 0.1) is 0 Å². The third kappa shape index (κ3) is 10.5. The molecular formula is C29H47Cl2CuN3. The molecule has 0 aliphatic carbocycles. The molecule has 3 nitrogen and oxygen atoms in total. The second-order valence-electron chi connectivity index (χ2n) is 8.86. The molecule has 2 aromatic rings. The molecule has 0 atom stereocenters. The summed E-state index contributed by atoms with van der Waals surface area (Å²) in [5.74, 6) is 0. The van der Waals surface area contributed by atoms with Crippen LogP contribution in [0.1, 0.15) is 74.9 Å². The summed E-state index contributed by atoms with van der Waals surface area (Å²) in [6.07, 6.45) is 6.55. The minimum Gasteiger partial charge on any atom is -1.00 e. The third-order valence-corrected chi connectivity index (χ3v) is 6.65. The molecule has 35 heavy (non-hydrogen) atoms. The van der Waals surface area contributed by atoms with Gasteiger partial charge in [-0.25, -0.2) is 0 Å². The van der Waals surface area contributed by atoms with Gasteiger partial charge >= 0.3 is 17.1 Å². The van der Waals surface area contributed by atoms with Gasteiger partial charge in [-0.2, -0.15) is 0 Å². The van der Waals surface area contributed by atoms with Gasteiger partial charge in [-0.1, -0.05) is 65.8 Å². The van der Waals surface area contributed by atoms with Crippen LogP contribution in [0.15, 0.2) is 24.3 Å². The number of nitrogens with zero attached hydrogens (tertiary/aromatic N) is 1. The Morgan fingerprint density at radius 2 is 0.829 bits per heavy atom. The van der Waals surface area contributed by atoms with Gasteiger partial charge in [-0.3, -0.25) is 0 Å². The average Bonchev–Trinajstić information content (AvgIpc) is 2.83. The van der Waals surface area contributed by atoms with Crippen molar-refractivity contribution in [2.45, 2.75) is 80.1 Å². The fraction of sp³-hybridized carbons (Fsp3) is 0.586. The van der Waals surface area contributed by atoms with Crippen molar-refractivity contribution in [2.24, 2.45) is 0 Å². The van der Waals surface area contributed by atoms with Crippen molar-refractivity contribution >= 4 is 11.4 Å². The van der Waals surface area contributed by atoms with Crippen LogP contribution in [-0.4, -0.2) is 38.1 Å². The molecule has 1 radical (unpaired) electrons.